The minimum Gasteiger partial charge on any atom is -0.336 e. The molecule has 1 unspecified atom stereocenters. The number of nitrogens with zero attached hydrogens (tertiary/aromatic N) is 1. The molecular formula is C16H22N2O. The van der Waals surface area contributed by atoms with E-state index in [0.717, 1.165) is 38.9 Å². The number of hydrogen-bond acceptors (Lipinski definition) is 2. The first-order valence-electron chi connectivity index (χ1n) is 7.31. The van der Waals surface area contributed by atoms with E-state index in [4.69, 9.17) is 0 Å². The predicted molar refractivity (Wildman–Crippen MR) is 75.8 cm³/mol. The number of likely N-dealkylation sites (tertiary alicyclic amines) is 1. The lowest BCUT2D eigenvalue weighted by Gasteiger charge is -2.31. The third kappa shape index (κ3) is 2.52. The highest BCUT2D eigenvalue weighted by Crippen LogP contribution is 2.34. The van der Waals surface area contributed by atoms with Crippen molar-refractivity contribution < 1.29 is 4.79 Å². The van der Waals surface area contributed by atoms with E-state index in [1.54, 1.807) is 0 Å². The molecule has 3 rings (SSSR count). The number of aryl methyl sites for hydroxylation is 1. The maximum Gasteiger partial charge on any atom is 0.223 e. The molecule has 102 valence electrons. The van der Waals surface area contributed by atoms with E-state index in [2.05, 4.69) is 41.4 Å². The van der Waals surface area contributed by atoms with Gasteiger partial charge in [0.25, 0.3) is 0 Å². The van der Waals surface area contributed by atoms with Crippen LogP contribution in [0.25, 0.3) is 0 Å². The number of benzene rings is 1. The Kier molecular flexibility index (Phi) is 3.56. The second-order valence-corrected chi connectivity index (χ2v) is 5.83. The Hall–Kier alpha value is -1.35. The lowest BCUT2D eigenvalue weighted by atomic mass is 9.96. The summed E-state index contributed by atoms with van der Waals surface area (Å²) in [5, 5.41) is 3.24. The summed E-state index contributed by atoms with van der Waals surface area (Å²) in [6.45, 7) is 5.09. The molecular weight excluding hydrogens is 236 g/mol. The summed E-state index contributed by atoms with van der Waals surface area (Å²) in [6, 6.07) is 8.78. The molecule has 0 aliphatic carbocycles. The van der Waals surface area contributed by atoms with Crippen LogP contribution in [0.4, 0.5) is 0 Å². The molecule has 0 radical (unpaired) electrons. The molecule has 1 aromatic carbocycles. The van der Waals surface area contributed by atoms with Crippen molar-refractivity contribution in [3.63, 3.8) is 0 Å². The molecule has 2 heterocycles. The second kappa shape index (κ2) is 5.33. The van der Waals surface area contributed by atoms with Crippen molar-refractivity contribution in [2.75, 3.05) is 19.6 Å². The van der Waals surface area contributed by atoms with Crippen molar-refractivity contribution in [1.29, 1.82) is 0 Å². The minimum absolute atomic E-state index is 0.307. The van der Waals surface area contributed by atoms with Crippen molar-refractivity contribution in [2.45, 2.75) is 32.2 Å². The standard InChI is InChI=1S/C16H22N2O/c1-12-5-2-3-6-14(12)15-7-4-8-18(15)16(19)9-13-10-17-11-13/h2-3,5-6,13,15,17H,4,7-11H2,1H3. The third-order valence-electron chi connectivity index (χ3n) is 4.45. The number of hydrogen-bond donors (Lipinski definition) is 1. The molecule has 19 heavy (non-hydrogen) atoms. The molecule has 1 atom stereocenters. The third-order valence-corrected chi connectivity index (χ3v) is 4.45. The van der Waals surface area contributed by atoms with E-state index in [-0.39, 0.29) is 0 Å². The second-order valence-electron chi connectivity index (χ2n) is 5.83. The zero-order chi connectivity index (χ0) is 13.2. The maximum absolute atomic E-state index is 12.4. The first-order valence-corrected chi connectivity index (χ1v) is 7.31. The van der Waals surface area contributed by atoms with Gasteiger partial charge in [0.15, 0.2) is 0 Å². The average molecular weight is 258 g/mol. The van der Waals surface area contributed by atoms with Crippen molar-refractivity contribution in [1.82, 2.24) is 10.2 Å². The van der Waals surface area contributed by atoms with Crippen LogP contribution in [0.5, 0.6) is 0 Å². The highest BCUT2D eigenvalue weighted by atomic mass is 16.2. The fraction of sp³-hybridized carbons (Fsp3) is 0.562. The van der Waals surface area contributed by atoms with E-state index >= 15 is 0 Å². The Labute approximate surface area is 115 Å². The lowest BCUT2D eigenvalue weighted by Crippen LogP contribution is -2.45. The van der Waals surface area contributed by atoms with Crippen LogP contribution in [0.1, 0.15) is 36.4 Å². The van der Waals surface area contributed by atoms with Crippen molar-refractivity contribution >= 4 is 5.91 Å². The highest BCUT2D eigenvalue weighted by Gasteiger charge is 2.32. The number of carbonyl (C=O) groups is 1. The van der Waals surface area contributed by atoms with E-state index in [9.17, 15) is 4.79 Å². The number of rotatable bonds is 3. The van der Waals surface area contributed by atoms with Gasteiger partial charge in [0.1, 0.15) is 0 Å². The summed E-state index contributed by atoms with van der Waals surface area (Å²) in [5.41, 5.74) is 2.64. The van der Waals surface area contributed by atoms with Gasteiger partial charge in [0, 0.05) is 13.0 Å². The quantitative estimate of drug-likeness (QED) is 0.902. The van der Waals surface area contributed by atoms with Gasteiger partial charge in [0.2, 0.25) is 5.91 Å². The predicted octanol–water partition coefficient (Wildman–Crippen LogP) is 2.27. The summed E-state index contributed by atoms with van der Waals surface area (Å²) in [6.07, 6.45) is 2.96. The van der Waals surface area contributed by atoms with Gasteiger partial charge in [-0.1, -0.05) is 24.3 Å². The molecule has 0 aromatic heterocycles. The summed E-state index contributed by atoms with van der Waals surface area (Å²) in [4.78, 5) is 14.6. The Balaban J connectivity index is 1.73. The van der Waals surface area contributed by atoms with E-state index in [1.807, 2.05) is 0 Å². The van der Waals surface area contributed by atoms with Crippen LogP contribution in [0.3, 0.4) is 0 Å². The van der Waals surface area contributed by atoms with Gasteiger partial charge in [0.05, 0.1) is 6.04 Å². The zero-order valence-electron chi connectivity index (χ0n) is 11.6. The molecule has 0 bridgehead atoms. The monoisotopic (exact) mass is 258 g/mol. The normalized spacial score (nSPS) is 23.4. The Morgan fingerprint density at radius 3 is 2.84 bits per heavy atom. The van der Waals surface area contributed by atoms with Crippen molar-refractivity contribution in [3.8, 4) is 0 Å². The highest BCUT2D eigenvalue weighted by molar-refractivity contribution is 5.77. The summed E-state index contributed by atoms with van der Waals surface area (Å²) < 4.78 is 0. The Bertz CT molecular complexity index is 468. The molecule has 0 spiro atoms. The lowest BCUT2D eigenvalue weighted by molar-refractivity contribution is -0.133. The molecule has 1 amide bonds. The smallest absolute Gasteiger partial charge is 0.223 e. The topological polar surface area (TPSA) is 32.3 Å². The molecule has 1 N–H and O–H groups in total. The van der Waals surface area contributed by atoms with Gasteiger partial charge in [-0.15, -0.1) is 0 Å². The number of carbonyl (C=O) groups excluding carboxylic acids is 1. The van der Waals surface area contributed by atoms with Crippen LogP contribution in [0.2, 0.25) is 0 Å². The molecule has 3 nitrogen and oxygen atoms in total. The van der Waals surface area contributed by atoms with Gasteiger partial charge in [-0.3, -0.25) is 4.79 Å². The van der Waals surface area contributed by atoms with Crippen molar-refractivity contribution in [2.24, 2.45) is 5.92 Å². The summed E-state index contributed by atoms with van der Waals surface area (Å²) in [5.74, 6) is 0.905. The molecule has 2 aliphatic rings. The van der Waals surface area contributed by atoms with Crippen LogP contribution < -0.4 is 5.32 Å². The number of nitrogens with one attached hydrogen (secondary N) is 1. The number of amides is 1. The van der Waals surface area contributed by atoms with Gasteiger partial charge in [-0.05, 0) is 49.9 Å². The van der Waals surface area contributed by atoms with Crippen LogP contribution in [0.15, 0.2) is 24.3 Å². The first kappa shape index (κ1) is 12.7. The van der Waals surface area contributed by atoms with Crippen LogP contribution in [-0.4, -0.2) is 30.4 Å². The van der Waals surface area contributed by atoms with Crippen LogP contribution in [0, 0.1) is 12.8 Å². The Morgan fingerprint density at radius 1 is 1.37 bits per heavy atom. The molecule has 1 aromatic rings. The summed E-state index contributed by atoms with van der Waals surface area (Å²) in [7, 11) is 0. The largest absolute Gasteiger partial charge is 0.336 e. The first-order chi connectivity index (χ1) is 9.25. The van der Waals surface area contributed by atoms with E-state index < -0.39 is 0 Å². The van der Waals surface area contributed by atoms with Crippen molar-refractivity contribution in [3.05, 3.63) is 35.4 Å². The molecule has 0 saturated carbocycles. The minimum atomic E-state index is 0.307. The fourth-order valence-electron chi connectivity index (χ4n) is 3.21. The van der Waals surface area contributed by atoms with Gasteiger partial charge < -0.3 is 10.2 Å². The maximum atomic E-state index is 12.4. The zero-order valence-corrected chi connectivity index (χ0v) is 11.6. The molecule has 2 aliphatic heterocycles. The van der Waals surface area contributed by atoms with E-state index in [1.165, 1.54) is 11.1 Å². The Morgan fingerprint density at radius 2 is 2.16 bits per heavy atom. The van der Waals surface area contributed by atoms with Gasteiger partial charge in [-0.2, -0.15) is 0 Å². The van der Waals surface area contributed by atoms with Crippen LogP contribution in [-0.2, 0) is 4.79 Å². The SMILES string of the molecule is Cc1ccccc1C1CCCN1C(=O)CC1CNC1. The van der Waals surface area contributed by atoms with Gasteiger partial charge in [-0.25, -0.2) is 0 Å². The van der Waals surface area contributed by atoms with Gasteiger partial charge >= 0.3 is 0 Å². The fourth-order valence-corrected chi connectivity index (χ4v) is 3.21. The average Bonchev–Trinajstić information content (AvgIpc) is 2.83. The molecule has 3 heteroatoms. The van der Waals surface area contributed by atoms with Crippen LogP contribution >= 0.6 is 0 Å². The van der Waals surface area contributed by atoms with E-state index in [0.29, 0.717) is 17.9 Å². The molecule has 2 saturated heterocycles. The molecule has 2 fully saturated rings. The summed E-state index contributed by atoms with van der Waals surface area (Å²) >= 11 is 0.